The van der Waals surface area contributed by atoms with Gasteiger partial charge >= 0.3 is 0 Å². The minimum absolute atomic E-state index is 0.0760. The van der Waals surface area contributed by atoms with E-state index < -0.39 is 6.29 Å². The molecule has 2 N–H and O–H groups in total. The number of aliphatic hydroxyl groups is 1. The molecule has 3 unspecified atom stereocenters. The number of ether oxygens (including phenoxy) is 1. The summed E-state index contributed by atoms with van der Waals surface area (Å²) in [4.78, 5) is 0. The lowest BCUT2D eigenvalue weighted by molar-refractivity contribution is -0.143. The van der Waals surface area contributed by atoms with E-state index in [9.17, 15) is 9.50 Å². The third kappa shape index (κ3) is 4.01. The SMILES string of the molecule is CCNCCC1(C)CC(Cc2ccc(F)cc2)C(O)O1. The van der Waals surface area contributed by atoms with Crippen molar-refractivity contribution in [3.8, 4) is 0 Å². The van der Waals surface area contributed by atoms with Gasteiger partial charge in [-0.2, -0.15) is 0 Å². The van der Waals surface area contributed by atoms with E-state index in [1.165, 1.54) is 12.1 Å². The molecule has 20 heavy (non-hydrogen) atoms. The summed E-state index contributed by atoms with van der Waals surface area (Å²) in [5.41, 5.74) is 0.765. The summed E-state index contributed by atoms with van der Waals surface area (Å²) in [7, 11) is 0. The van der Waals surface area contributed by atoms with Gasteiger partial charge in [0, 0.05) is 5.92 Å². The fourth-order valence-electron chi connectivity index (χ4n) is 2.88. The van der Waals surface area contributed by atoms with Crippen LogP contribution < -0.4 is 5.32 Å². The molecule has 1 fully saturated rings. The van der Waals surface area contributed by atoms with Crippen LogP contribution >= 0.6 is 0 Å². The molecule has 1 aromatic carbocycles. The van der Waals surface area contributed by atoms with Crippen molar-refractivity contribution in [1.29, 1.82) is 0 Å². The van der Waals surface area contributed by atoms with Crippen molar-refractivity contribution in [2.45, 2.75) is 45.0 Å². The molecule has 1 aromatic rings. The number of rotatable bonds is 6. The second-order valence-electron chi connectivity index (χ2n) is 5.86. The summed E-state index contributed by atoms with van der Waals surface area (Å²) in [5.74, 6) is -0.153. The Hall–Kier alpha value is -0.970. The van der Waals surface area contributed by atoms with Crippen LogP contribution in [0.1, 0.15) is 32.3 Å². The van der Waals surface area contributed by atoms with Crippen LogP contribution in [0.25, 0.3) is 0 Å². The third-order valence-electron chi connectivity index (χ3n) is 3.99. The number of nitrogens with one attached hydrogen (secondary N) is 1. The van der Waals surface area contributed by atoms with Crippen LogP contribution in [0.3, 0.4) is 0 Å². The zero-order chi connectivity index (χ0) is 14.6. The van der Waals surface area contributed by atoms with Gasteiger partial charge in [-0.05, 0) is 57.0 Å². The summed E-state index contributed by atoms with van der Waals surface area (Å²) in [6.07, 6.45) is 1.71. The highest BCUT2D eigenvalue weighted by Crippen LogP contribution is 2.37. The summed E-state index contributed by atoms with van der Waals surface area (Å²) >= 11 is 0. The van der Waals surface area contributed by atoms with E-state index in [-0.39, 0.29) is 17.3 Å². The zero-order valence-electron chi connectivity index (χ0n) is 12.2. The summed E-state index contributed by atoms with van der Waals surface area (Å²) in [5, 5.41) is 13.4. The Bertz CT molecular complexity index is 423. The first-order chi connectivity index (χ1) is 9.52. The lowest BCUT2D eigenvalue weighted by atomic mass is 9.88. The van der Waals surface area contributed by atoms with Crippen LogP contribution in [0.5, 0.6) is 0 Å². The van der Waals surface area contributed by atoms with Gasteiger partial charge < -0.3 is 15.2 Å². The molecule has 0 amide bonds. The topological polar surface area (TPSA) is 41.5 Å². The Balaban J connectivity index is 1.91. The highest BCUT2D eigenvalue weighted by Gasteiger charge is 2.41. The normalized spacial score (nSPS) is 29.8. The van der Waals surface area contributed by atoms with Gasteiger partial charge in [0.25, 0.3) is 0 Å². The first-order valence-electron chi connectivity index (χ1n) is 7.33. The molecule has 1 aliphatic heterocycles. The van der Waals surface area contributed by atoms with Crippen LogP contribution in [0.4, 0.5) is 4.39 Å². The van der Waals surface area contributed by atoms with E-state index in [4.69, 9.17) is 4.74 Å². The van der Waals surface area contributed by atoms with E-state index in [2.05, 4.69) is 19.2 Å². The quantitative estimate of drug-likeness (QED) is 0.787. The largest absolute Gasteiger partial charge is 0.368 e. The Morgan fingerprint density at radius 2 is 2.10 bits per heavy atom. The second-order valence-corrected chi connectivity index (χ2v) is 5.86. The monoisotopic (exact) mass is 281 g/mol. The summed E-state index contributed by atoms with van der Waals surface area (Å²) in [6, 6.07) is 6.47. The molecule has 0 aliphatic carbocycles. The van der Waals surface area contributed by atoms with Gasteiger partial charge in [0.05, 0.1) is 5.60 Å². The minimum atomic E-state index is -0.730. The maximum absolute atomic E-state index is 12.9. The van der Waals surface area contributed by atoms with E-state index >= 15 is 0 Å². The van der Waals surface area contributed by atoms with Crippen molar-refractivity contribution < 1.29 is 14.2 Å². The van der Waals surface area contributed by atoms with Gasteiger partial charge in [-0.15, -0.1) is 0 Å². The van der Waals surface area contributed by atoms with Crippen LogP contribution in [-0.2, 0) is 11.2 Å². The van der Waals surface area contributed by atoms with Gasteiger partial charge in [-0.3, -0.25) is 0 Å². The Kier molecular flexibility index (Phi) is 5.13. The van der Waals surface area contributed by atoms with Gasteiger partial charge in [0.2, 0.25) is 0 Å². The van der Waals surface area contributed by atoms with Gasteiger partial charge in [-0.1, -0.05) is 19.1 Å². The summed E-state index contributed by atoms with van der Waals surface area (Å²) < 4.78 is 18.6. The van der Waals surface area contributed by atoms with Crippen molar-refractivity contribution in [3.05, 3.63) is 35.6 Å². The maximum atomic E-state index is 12.9. The number of aliphatic hydroxyl groups excluding tert-OH is 1. The first-order valence-corrected chi connectivity index (χ1v) is 7.33. The molecule has 1 saturated heterocycles. The molecule has 3 atom stereocenters. The number of hydrogen-bond acceptors (Lipinski definition) is 3. The molecule has 0 aromatic heterocycles. The molecule has 0 radical (unpaired) electrons. The molecule has 3 nitrogen and oxygen atoms in total. The Morgan fingerprint density at radius 3 is 2.75 bits per heavy atom. The molecular weight excluding hydrogens is 257 g/mol. The maximum Gasteiger partial charge on any atom is 0.158 e. The molecule has 1 heterocycles. The lowest BCUT2D eigenvalue weighted by Crippen LogP contribution is -2.30. The molecule has 1 aliphatic rings. The van der Waals surface area contributed by atoms with Crippen LogP contribution in [-0.4, -0.2) is 30.1 Å². The van der Waals surface area contributed by atoms with Crippen LogP contribution in [0, 0.1) is 11.7 Å². The van der Waals surface area contributed by atoms with Crippen LogP contribution in [0.15, 0.2) is 24.3 Å². The fourth-order valence-corrected chi connectivity index (χ4v) is 2.88. The minimum Gasteiger partial charge on any atom is -0.368 e. The number of halogens is 1. The number of hydrogen-bond donors (Lipinski definition) is 2. The van der Waals surface area contributed by atoms with E-state index in [0.29, 0.717) is 0 Å². The molecule has 0 bridgehead atoms. The van der Waals surface area contributed by atoms with Crippen molar-refractivity contribution in [2.24, 2.45) is 5.92 Å². The van der Waals surface area contributed by atoms with Crippen molar-refractivity contribution in [3.63, 3.8) is 0 Å². The summed E-state index contributed by atoms with van der Waals surface area (Å²) in [6.45, 7) is 5.96. The van der Waals surface area contributed by atoms with Crippen molar-refractivity contribution >= 4 is 0 Å². The average molecular weight is 281 g/mol. The molecule has 0 spiro atoms. The molecular formula is C16H24FNO2. The van der Waals surface area contributed by atoms with Gasteiger partial charge in [-0.25, -0.2) is 4.39 Å². The number of benzene rings is 1. The molecule has 112 valence electrons. The smallest absolute Gasteiger partial charge is 0.158 e. The second kappa shape index (κ2) is 6.66. The van der Waals surface area contributed by atoms with Crippen molar-refractivity contribution in [1.82, 2.24) is 5.32 Å². The predicted octanol–water partition coefficient (Wildman–Crippen LogP) is 2.48. The van der Waals surface area contributed by atoms with Gasteiger partial charge in [0.15, 0.2) is 6.29 Å². The lowest BCUT2D eigenvalue weighted by Gasteiger charge is -2.23. The molecule has 2 rings (SSSR count). The van der Waals surface area contributed by atoms with E-state index in [0.717, 1.165) is 37.9 Å². The first kappa shape index (κ1) is 15.4. The average Bonchev–Trinajstić information content (AvgIpc) is 2.68. The Morgan fingerprint density at radius 1 is 1.40 bits per heavy atom. The molecule has 0 saturated carbocycles. The van der Waals surface area contributed by atoms with E-state index in [1.54, 1.807) is 12.1 Å². The predicted molar refractivity (Wildman–Crippen MR) is 76.9 cm³/mol. The zero-order valence-corrected chi connectivity index (χ0v) is 12.2. The highest BCUT2D eigenvalue weighted by atomic mass is 19.1. The standard InChI is InChI=1S/C16H24FNO2/c1-3-18-9-8-16(2)11-13(15(19)20-16)10-12-4-6-14(17)7-5-12/h4-7,13,15,18-19H,3,8-11H2,1-2H3. The van der Waals surface area contributed by atoms with Crippen LogP contribution in [0.2, 0.25) is 0 Å². The fraction of sp³-hybridized carbons (Fsp3) is 0.625. The van der Waals surface area contributed by atoms with E-state index in [1.807, 2.05) is 0 Å². The highest BCUT2D eigenvalue weighted by molar-refractivity contribution is 5.17. The van der Waals surface area contributed by atoms with Crippen molar-refractivity contribution in [2.75, 3.05) is 13.1 Å². The molecule has 4 heteroatoms. The third-order valence-corrected chi connectivity index (χ3v) is 3.99. The Labute approximate surface area is 120 Å². The van der Waals surface area contributed by atoms with Gasteiger partial charge in [0.1, 0.15) is 5.82 Å².